The van der Waals surface area contributed by atoms with Crippen LogP contribution in [-0.2, 0) is 0 Å². The van der Waals surface area contributed by atoms with Crippen molar-refractivity contribution in [3.63, 3.8) is 0 Å². The monoisotopic (exact) mass is 622 g/mol. The molecule has 0 aliphatic carbocycles. The van der Waals surface area contributed by atoms with Crippen molar-refractivity contribution < 1.29 is 4.42 Å². The molecule has 0 aliphatic rings. The Morgan fingerprint density at radius 2 is 0.633 bits per heavy atom. The Morgan fingerprint density at radius 3 is 1.29 bits per heavy atom. The van der Waals surface area contributed by atoms with Gasteiger partial charge in [-0.2, -0.15) is 0 Å². The zero-order valence-electron chi connectivity index (χ0n) is 26.7. The van der Waals surface area contributed by atoms with E-state index < -0.39 is 0 Å². The van der Waals surface area contributed by atoms with E-state index in [1.54, 1.807) is 0 Å². The fraction of sp³-hybridized carbons (Fsp3) is 0. The van der Waals surface area contributed by atoms with Crippen molar-refractivity contribution in [2.24, 2.45) is 0 Å². The van der Waals surface area contributed by atoms with E-state index in [2.05, 4.69) is 182 Å². The SMILES string of the molecule is c1ccc(-c2ccc(-c3cccc4c3oc3c(-c5cccc(-c6ccc7c8ccccc8c8ccccc8c7c6)c5)cccc34)cc2)cc1. The van der Waals surface area contributed by atoms with Gasteiger partial charge in [-0.15, -0.1) is 0 Å². The molecule has 0 unspecified atom stereocenters. The molecule has 0 aliphatic heterocycles. The molecule has 49 heavy (non-hydrogen) atoms. The van der Waals surface area contributed by atoms with Crippen molar-refractivity contribution in [2.75, 3.05) is 0 Å². The van der Waals surface area contributed by atoms with Gasteiger partial charge >= 0.3 is 0 Å². The van der Waals surface area contributed by atoms with E-state index >= 15 is 0 Å². The number of rotatable bonds is 4. The third kappa shape index (κ3) is 4.47. The van der Waals surface area contributed by atoms with Crippen LogP contribution in [0.5, 0.6) is 0 Å². The van der Waals surface area contributed by atoms with Gasteiger partial charge in [0.2, 0.25) is 0 Å². The van der Waals surface area contributed by atoms with Crippen LogP contribution in [0.2, 0.25) is 0 Å². The molecule has 1 heterocycles. The van der Waals surface area contributed by atoms with E-state index in [-0.39, 0.29) is 0 Å². The highest BCUT2D eigenvalue weighted by molar-refractivity contribution is 6.25. The Bertz CT molecular complexity index is 2820. The van der Waals surface area contributed by atoms with E-state index in [0.29, 0.717) is 0 Å². The number of hydrogen-bond acceptors (Lipinski definition) is 1. The smallest absolute Gasteiger partial charge is 0.143 e. The maximum atomic E-state index is 6.83. The zero-order valence-corrected chi connectivity index (χ0v) is 26.7. The van der Waals surface area contributed by atoms with E-state index in [4.69, 9.17) is 4.42 Å². The molecule has 9 aromatic carbocycles. The first kappa shape index (κ1) is 27.7. The summed E-state index contributed by atoms with van der Waals surface area (Å²) in [4.78, 5) is 0. The van der Waals surface area contributed by atoms with Gasteiger partial charge in [0, 0.05) is 21.9 Å². The number of benzene rings is 9. The van der Waals surface area contributed by atoms with Crippen molar-refractivity contribution >= 4 is 54.3 Å². The molecule has 10 rings (SSSR count). The number of furan rings is 1. The van der Waals surface area contributed by atoms with Gasteiger partial charge in [0.05, 0.1) is 0 Å². The van der Waals surface area contributed by atoms with Gasteiger partial charge in [-0.3, -0.25) is 0 Å². The average Bonchev–Trinajstić information content (AvgIpc) is 3.58. The lowest BCUT2D eigenvalue weighted by molar-refractivity contribution is 0.671. The molecule has 0 saturated carbocycles. The molecule has 228 valence electrons. The maximum absolute atomic E-state index is 6.83. The van der Waals surface area contributed by atoms with Gasteiger partial charge in [0.15, 0.2) is 0 Å². The third-order valence-electron chi connectivity index (χ3n) is 10.1. The summed E-state index contributed by atoms with van der Waals surface area (Å²) in [6.45, 7) is 0. The summed E-state index contributed by atoms with van der Waals surface area (Å²) >= 11 is 0. The number of para-hydroxylation sites is 2. The Morgan fingerprint density at radius 1 is 0.224 bits per heavy atom. The van der Waals surface area contributed by atoms with Gasteiger partial charge in [-0.1, -0.05) is 170 Å². The summed E-state index contributed by atoms with van der Waals surface area (Å²) in [5.41, 5.74) is 11.1. The lowest BCUT2D eigenvalue weighted by Crippen LogP contribution is -1.86. The highest BCUT2D eigenvalue weighted by Crippen LogP contribution is 2.42. The number of hydrogen-bond donors (Lipinski definition) is 0. The van der Waals surface area contributed by atoms with Crippen LogP contribution in [0.3, 0.4) is 0 Å². The predicted octanol–water partition coefficient (Wildman–Crippen LogP) is 13.7. The first-order valence-electron chi connectivity index (χ1n) is 16.8. The molecule has 0 spiro atoms. The van der Waals surface area contributed by atoms with Crippen LogP contribution < -0.4 is 0 Å². The summed E-state index contributed by atoms with van der Waals surface area (Å²) in [5, 5.41) is 9.99. The van der Waals surface area contributed by atoms with E-state index in [9.17, 15) is 0 Å². The molecule has 0 saturated heterocycles. The molecule has 0 fully saturated rings. The highest BCUT2D eigenvalue weighted by atomic mass is 16.3. The van der Waals surface area contributed by atoms with Crippen LogP contribution in [0.4, 0.5) is 0 Å². The van der Waals surface area contributed by atoms with Crippen LogP contribution >= 0.6 is 0 Å². The molecule has 0 bridgehead atoms. The van der Waals surface area contributed by atoms with Crippen molar-refractivity contribution in [3.05, 3.63) is 182 Å². The fourth-order valence-corrected chi connectivity index (χ4v) is 7.70. The van der Waals surface area contributed by atoms with Crippen molar-refractivity contribution in [1.29, 1.82) is 0 Å². The molecule has 0 amide bonds. The first-order valence-corrected chi connectivity index (χ1v) is 16.8. The molecule has 1 aromatic heterocycles. The van der Waals surface area contributed by atoms with Crippen molar-refractivity contribution in [2.45, 2.75) is 0 Å². The second-order valence-corrected chi connectivity index (χ2v) is 12.8. The first-order chi connectivity index (χ1) is 24.3. The minimum Gasteiger partial charge on any atom is -0.455 e. The summed E-state index contributed by atoms with van der Waals surface area (Å²) in [5.74, 6) is 0. The molecule has 1 nitrogen and oxygen atoms in total. The summed E-state index contributed by atoms with van der Waals surface area (Å²) < 4.78 is 6.83. The van der Waals surface area contributed by atoms with Crippen LogP contribution in [0.25, 0.3) is 98.8 Å². The molecular formula is C48H30O. The fourth-order valence-electron chi connectivity index (χ4n) is 7.70. The average molecular weight is 623 g/mol. The van der Waals surface area contributed by atoms with Crippen LogP contribution in [0.1, 0.15) is 0 Å². The molecule has 0 atom stereocenters. The van der Waals surface area contributed by atoms with E-state index in [1.165, 1.54) is 54.6 Å². The maximum Gasteiger partial charge on any atom is 0.143 e. The van der Waals surface area contributed by atoms with E-state index in [1.807, 2.05) is 0 Å². The second kappa shape index (κ2) is 11.1. The third-order valence-corrected chi connectivity index (χ3v) is 10.1. The Hall–Kier alpha value is -6.44. The largest absolute Gasteiger partial charge is 0.455 e. The van der Waals surface area contributed by atoms with Crippen LogP contribution in [0.15, 0.2) is 186 Å². The standard InChI is InChI=1S/C48H30O/c1-2-11-31(12-3-1)32-23-25-33(26-24-32)37-19-9-21-44-45-22-10-20-38(48(45)49-47(37)44)36-14-8-13-34(29-36)35-27-28-43-41-17-5-4-15-39(41)40-16-6-7-18-42(40)46(43)30-35/h1-30H. The molecule has 1 heteroatoms. The van der Waals surface area contributed by atoms with Gasteiger partial charge in [0.1, 0.15) is 11.2 Å². The Kier molecular flexibility index (Phi) is 6.25. The quantitative estimate of drug-likeness (QED) is 0.178. The normalized spacial score (nSPS) is 11.7. The Balaban J connectivity index is 1.09. The summed E-state index contributed by atoms with van der Waals surface area (Å²) in [6.07, 6.45) is 0. The molecular weight excluding hydrogens is 593 g/mol. The van der Waals surface area contributed by atoms with Gasteiger partial charge < -0.3 is 4.42 Å². The topological polar surface area (TPSA) is 13.1 Å². The lowest BCUT2D eigenvalue weighted by Gasteiger charge is -2.12. The number of fused-ring (bicyclic) bond motifs is 9. The minimum absolute atomic E-state index is 0.916. The van der Waals surface area contributed by atoms with Gasteiger partial charge in [-0.05, 0) is 77.8 Å². The Labute approximate surface area is 284 Å². The van der Waals surface area contributed by atoms with Crippen LogP contribution in [0, 0.1) is 0 Å². The predicted molar refractivity (Wildman–Crippen MR) is 208 cm³/mol. The molecule has 10 aromatic rings. The second-order valence-electron chi connectivity index (χ2n) is 12.8. The molecule has 0 N–H and O–H groups in total. The van der Waals surface area contributed by atoms with Crippen molar-refractivity contribution in [3.8, 4) is 44.5 Å². The van der Waals surface area contributed by atoms with Gasteiger partial charge in [-0.25, -0.2) is 0 Å². The van der Waals surface area contributed by atoms with E-state index in [0.717, 1.165) is 44.2 Å². The van der Waals surface area contributed by atoms with Crippen LogP contribution in [-0.4, -0.2) is 0 Å². The lowest BCUT2D eigenvalue weighted by atomic mass is 9.91. The summed E-state index contributed by atoms with van der Waals surface area (Å²) in [7, 11) is 0. The highest BCUT2D eigenvalue weighted by Gasteiger charge is 2.16. The van der Waals surface area contributed by atoms with Crippen molar-refractivity contribution in [1.82, 2.24) is 0 Å². The molecule has 0 radical (unpaired) electrons. The zero-order chi connectivity index (χ0) is 32.3. The summed E-state index contributed by atoms with van der Waals surface area (Å²) in [6, 6.07) is 65.6. The minimum atomic E-state index is 0.916. The van der Waals surface area contributed by atoms with Gasteiger partial charge in [0.25, 0.3) is 0 Å².